The molecule has 0 aromatic heterocycles. The maximum Gasteiger partial charge on any atom is 0.250 e. The topological polar surface area (TPSA) is 60.0 Å². The molecule has 2 atom stereocenters. The Balaban J connectivity index is -0.00000242. The molecule has 40 heavy (non-hydrogen) atoms. The first-order valence-corrected chi connectivity index (χ1v) is 14.8. The Bertz CT molecular complexity index is 954. The van der Waals surface area contributed by atoms with Crippen molar-refractivity contribution in [2.45, 2.75) is 79.9 Å². The van der Waals surface area contributed by atoms with E-state index in [1.807, 2.05) is 59.9 Å². The monoisotopic (exact) mass is 561 g/mol. The molecule has 2 aliphatic rings. The van der Waals surface area contributed by atoms with Crippen LogP contribution in [0.15, 0.2) is 77.1 Å². The van der Waals surface area contributed by atoms with E-state index in [-0.39, 0.29) is 14.9 Å². The molecule has 0 aromatic carbocycles. The molecule has 7 heteroatoms. The number of likely N-dealkylation sites (N-methyl/N-ethyl adjacent to an activating group) is 3. The number of nitrogens with zero attached hydrogens (tertiary/aromatic N) is 3. The molecular weight excluding hydrogens is 501 g/mol. The van der Waals surface area contributed by atoms with Gasteiger partial charge in [-0.2, -0.15) is 0 Å². The van der Waals surface area contributed by atoms with Crippen LogP contribution in [0, 0.1) is 5.41 Å². The maximum absolute atomic E-state index is 14.3. The third-order valence-electron chi connectivity index (χ3n) is 7.02. The Morgan fingerprint density at radius 1 is 1.32 bits per heavy atom. The number of likely N-dealkylation sites (tertiary alicyclic amines) is 1. The van der Waals surface area contributed by atoms with Crippen LogP contribution >= 0.6 is 0 Å². The van der Waals surface area contributed by atoms with Gasteiger partial charge in [0.15, 0.2) is 0 Å². The first kappa shape index (κ1) is 37.1. The number of hydrogen-bond donors (Lipinski definition) is 2. The molecule has 0 radical (unpaired) electrons. The summed E-state index contributed by atoms with van der Waals surface area (Å²) in [5, 5.41) is 6.03. The van der Waals surface area contributed by atoms with Gasteiger partial charge in [0.05, 0.1) is 18.4 Å². The van der Waals surface area contributed by atoms with Gasteiger partial charge in [0.25, 0.3) is 5.91 Å². The van der Waals surface area contributed by atoms with Crippen LogP contribution in [0.1, 0.15) is 70.6 Å². The minimum atomic E-state index is -0.732. The van der Waals surface area contributed by atoms with E-state index in [2.05, 4.69) is 58.8 Å². The third kappa shape index (κ3) is 11.7. The van der Waals surface area contributed by atoms with E-state index < -0.39 is 12.1 Å². The highest BCUT2D eigenvalue weighted by molar-refractivity contribution is 5.96. The Morgan fingerprint density at radius 3 is 2.48 bits per heavy atom. The summed E-state index contributed by atoms with van der Waals surface area (Å²) in [6.07, 6.45) is 14.6. The number of allylic oxidation sites excluding steroid dienone is 6. The van der Waals surface area contributed by atoms with Crippen molar-refractivity contribution in [1.29, 1.82) is 0 Å². The molecule has 2 unspecified atom stereocenters. The summed E-state index contributed by atoms with van der Waals surface area (Å²) in [5.74, 6) is -0.212. The number of halogens is 1. The number of nitrogens with one attached hydrogen (secondary N) is 2. The second-order valence-corrected chi connectivity index (χ2v) is 9.70. The molecule has 0 bridgehead atoms. The SMILES string of the molecule is C=CC1=CC(C(=O)NC)=CC(CF)(CCC(/C=N\C(C)N/C(C=C)=C/N(C)C2CN(CC)C2)=C/C)C1.CC.CC.[HH].[HH]. The normalized spacial score (nSPS) is 20.4. The summed E-state index contributed by atoms with van der Waals surface area (Å²) in [7, 11) is 3.68. The predicted molar refractivity (Wildman–Crippen MR) is 176 cm³/mol. The van der Waals surface area contributed by atoms with Gasteiger partial charge in [0.1, 0.15) is 6.17 Å². The van der Waals surface area contributed by atoms with E-state index in [0.717, 1.165) is 36.5 Å². The van der Waals surface area contributed by atoms with Crippen molar-refractivity contribution in [3.8, 4) is 0 Å². The smallest absolute Gasteiger partial charge is 0.250 e. The summed E-state index contributed by atoms with van der Waals surface area (Å²) in [6.45, 7) is 24.6. The van der Waals surface area contributed by atoms with Gasteiger partial charge in [-0.25, -0.2) is 0 Å². The van der Waals surface area contributed by atoms with E-state index in [0.29, 0.717) is 30.9 Å². The van der Waals surface area contributed by atoms with Crippen LogP contribution in [-0.2, 0) is 4.79 Å². The first-order valence-electron chi connectivity index (χ1n) is 14.8. The molecule has 0 aromatic rings. The molecule has 6 nitrogen and oxygen atoms in total. The van der Waals surface area contributed by atoms with Gasteiger partial charge in [0.2, 0.25) is 0 Å². The quantitative estimate of drug-likeness (QED) is 0.176. The largest absolute Gasteiger partial charge is 0.373 e. The highest BCUT2D eigenvalue weighted by atomic mass is 19.1. The maximum atomic E-state index is 14.3. The zero-order valence-corrected chi connectivity index (χ0v) is 26.7. The van der Waals surface area contributed by atoms with Crippen LogP contribution in [0.5, 0.6) is 0 Å². The summed E-state index contributed by atoms with van der Waals surface area (Å²) < 4.78 is 14.3. The molecule has 0 saturated carbocycles. The van der Waals surface area contributed by atoms with Crippen molar-refractivity contribution >= 4 is 12.1 Å². The van der Waals surface area contributed by atoms with Crippen molar-refractivity contribution < 1.29 is 12.0 Å². The number of carbonyl (C=O) groups excluding carboxylic acids is 1. The van der Waals surface area contributed by atoms with E-state index in [4.69, 9.17) is 0 Å². The molecule has 1 heterocycles. The van der Waals surface area contributed by atoms with Gasteiger partial charge in [-0.15, -0.1) is 0 Å². The molecule has 1 aliphatic heterocycles. The number of carbonyl (C=O) groups is 1. The molecule has 1 saturated heterocycles. The zero-order valence-electron chi connectivity index (χ0n) is 26.7. The van der Waals surface area contributed by atoms with E-state index in [1.165, 1.54) is 0 Å². The lowest BCUT2D eigenvalue weighted by molar-refractivity contribution is -0.116. The average molecular weight is 562 g/mol. The lowest BCUT2D eigenvalue weighted by atomic mass is 9.73. The lowest BCUT2D eigenvalue weighted by Crippen LogP contribution is -2.56. The summed E-state index contributed by atoms with van der Waals surface area (Å²) in [5.41, 5.74) is 2.58. The Labute approximate surface area is 247 Å². The first-order chi connectivity index (χ1) is 19.2. The molecular formula is C33H60FN5O. The average Bonchev–Trinajstić information content (AvgIpc) is 2.97. The van der Waals surface area contributed by atoms with Crippen molar-refractivity contribution in [2.75, 3.05) is 40.4 Å². The minimum Gasteiger partial charge on any atom is -0.373 e. The molecule has 1 aliphatic carbocycles. The van der Waals surface area contributed by atoms with Crippen LogP contribution in [0.3, 0.4) is 0 Å². The number of hydrogen-bond acceptors (Lipinski definition) is 5. The molecule has 1 amide bonds. The van der Waals surface area contributed by atoms with Gasteiger partial charge in [-0.05, 0) is 63.0 Å². The third-order valence-corrected chi connectivity index (χ3v) is 7.02. The standard InChI is InChI=1S/C29H44FN5O.2C2H6.2H2/c1-8-23(12-13-29(21-30)15-24(9-2)14-25(16-29)28(36)31-6)17-32-22(5)33-26(10-3)18-34(7)27-19-35(11-4)20-27;2*1-2;;/h8-10,14,16-18,22,27,33H,2-3,11-13,15,19-21H2,1,4-7H3,(H,31,36);2*1-2H3;2*1H/b23-8-,26-18+,32-17-;;;;. The number of rotatable bonds is 14. The minimum absolute atomic E-state index is 0. The Kier molecular flexibility index (Phi) is 18.6. The van der Waals surface area contributed by atoms with E-state index in [1.54, 1.807) is 25.3 Å². The fraction of sp³-hybridized carbons (Fsp3) is 0.576. The fourth-order valence-corrected chi connectivity index (χ4v) is 4.49. The van der Waals surface area contributed by atoms with Gasteiger partial charge in [0, 0.05) is 53.4 Å². The van der Waals surface area contributed by atoms with Gasteiger partial charge >= 0.3 is 0 Å². The van der Waals surface area contributed by atoms with Crippen LogP contribution < -0.4 is 10.6 Å². The Morgan fingerprint density at radius 2 is 1.98 bits per heavy atom. The highest BCUT2D eigenvalue weighted by Gasteiger charge is 2.33. The second kappa shape index (κ2) is 20.0. The number of amides is 1. The van der Waals surface area contributed by atoms with Crippen molar-refractivity contribution in [1.82, 2.24) is 20.4 Å². The fourth-order valence-electron chi connectivity index (χ4n) is 4.49. The highest BCUT2D eigenvalue weighted by Crippen LogP contribution is 2.40. The summed E-state index contributed by atoms with van der Waals surface area (Å²) >= 11 is 0. The second-order valence-electron chi connectivity index (χ2n) is 9.70. The molecule has 230 valence electrons. The summed E-state index contributed by atoms with van der Waals surface area (Å²) in [6, 6.07) is 0.521. The van der Waals surface area contributed by atoms with Crippen molar-refractivity contribution in [3.05, 3.63) is 72.2 Å². The van der Waals surface area contributed by atoms with Crippen molar-refractivity contribution in [2.24, 2.45) is 10.4 Å². The summed E-state index contributed by atoms with van der Waals surface area (Å²) in [4.78, 5) is 21.5. The van der Waals surface area contributed by atoms with Gasteiger partial charge < -0.3 is 15.5 Å². The molecule has 2 rings (SSSR count). The van der Waals surface area contributed by atoms with E-state index in [9.17, 15) is 9.18 Å². The Hall–Kier alpha value is -2.93. The van der Waals surface area contributed by atoms with Crippen LogP contribution in [-0.4, -0.2) is 74.5 Å². The van der Waals surface area contributed by atoms with Crippen LogP contribution in [0.4, 0.5) is 4.39 Å². The van der Waals surface area contributed by atoms with E-state index >= 15 is 0 Å². The number of alkyl halides is 1. The zero-order chi connectivity index (χ0) is 30.7. The van der Waals surface area contributed by atoms with Crippen LogP contribution in [0.2, 0.25) is 0 Å². The molecule has 1 fully saturated rings. The number of aliphatic imine (C=N–C) groups is 1. The molecule has 0 spiro atoms. The van der Waals surface area contributed by atoms with Gasteiger partial charge in [-0.3, -0.25) is 19.1 Å². The lowest BCUT2D eigenvalue weighted by Gasteiger charge is -2.43. The van der Waals surface area contributed by atoms with Crippen LogP contribution in [0.25, 0.3) is 0 Å². The van der Waals surface area contributed by atoms with Gasteiger partial charge in [-0.1, -0.05) is 66.0 Å². The van der Waals surface area contributed by atoms with Crippen molar-refractivity contribution in [3.63, 3.8) is 0 Å². The predicted octanol–water partition coefficient (Wildman–Crippen LogP) is 7.07. The molecule has 2 N–H and O–H groups in total.